The maximum Gasteiger partial charge on any atom is 0.220 e. The summed E-state index contributed by atoms with van der Waals surface area (Å²) < 4.78 is 0. The molecular weight excluding hydrogens is 368 g/mol. The van der Waals surface area contributed by atoms with Crippen LogP contribution in [0.4, 0.5) is 0 Å². The van der Waals surface area contributed by atoms with Crippen molar-refractivity contribution in [2.75, 3.05) is 6.54 Å². The van der Waals surface area contributed by atoms with E-state index in [1.165, 1.54) is 75.2 Å². The van der Waals surface area contributed by atoms with E-state index in [9.17, 15) is 4.79 Å². The number of hydrogen-bond donors (Lipinski definition) is 2. The number of amides is 1. The number of aromatic amines is 1. The zero-order valence-electron chi connectivity index (χ0n) is 19.1. The van der Waals surface area contributed by atoms with Crippen LogP contribution < -0.4 is 5.32 Å². The quantitative estimate of drug-likeness (QED) is 0.206. The fourth-order valence-corrected chi connectivity index (χ4v) is 3.94. The summed E-state index contributed by atoms with van der Waals surface area (Å²) in [6.45, 7) is 2.98. The van der Waals surface area contributed by atoms with E-state index in [0.29, 0.717) is 13.0 Å². The van der Waals surface area contributed by atoms with Crippen molar-refractivity contribution in [2.45, 2.75) is 96.8 Å². The molecule has 0 aliphatic heterocycles. The molecule has 3 nitrogen and oxygen atoms in total. The molecule has 1 heterocycles. The van der Waals surface area contributed by atoms with Crippen molar-refractivity contribution in [3.8, 4) is 0 Å². The van der Waals surface area contributed by atoms with Crippen molar-refractivity contribution in [2.24, 2.45) is 0 Å². The van der Waals surface area contributed by atoms with Gasteiger partial charge in [0.15, 0.2) is 0 Å². The van der Waals surface area contributed by atoms with Crippen LogP contribution in [0.1, 0.15) is 96.0 Å². The van der Waals surface area contributed by atoms with E-state index in [-0.39, 0.29) is 5.91 Å². The first-order valence-electron chi connectivity index (χ1n) is 12.3. The standard InChI is InChI=1S/C27H42N2O/c1-2-3-4-5-6-7-8-9-10-11-12-13-14-15-20-27(30)28-22-21-24-23-29-26-19-17-16-18-25(24)26/h8-9,16-19,23,29H,2-7,10-15,20-22H2,1H3,(H,28,30)/b9-8-. The molecule has 3 heteroatoms. The number of H-pyrrole nitrogens is 1. The van der Waals surface area contributed by atoms with E-state index in [0.717, 1.165) is 24.8 Å². The van der Waals surface area contributed by atoms with Crippen molar-refractivity contribution >= 4 is 16.8 Å². The fourth-order valence-electron chi connectivity index (χ4n) is 3.94. The van der Waals surface area contributed by atoms with E-state index in [1.807, 2.05) is 6.07 Å². The highest BCUT2D eigenvalue weighted by Crippen LogP contribution is 2.17. The maximum absolute atomic E-state index is 12.0. The number of allylic oxidation sites excluding steroid dienone is 2. The summed E-state index contributed by atoms with van der Waals surface area (Å²) in [7, 11) is 0. The summed E-state index contributed by atoms with van der Waals surface area (Å²) in [5.74, 6) is 0.191. The Morgan fingerprint density at radius 1 is 0.900 bits per heavy atom. The number of hydrogen-bond acceptors (Lipinski definition) is 1. The molecule has 0 bridgehead atoms. The average Bonchev–Trinajstić information content (AvgIpc) is 3.17. The minimum absolute atomic E-state index is 0.191. The van der Waals surface area contributed by atoms with Crippen LogP contribution in [0.25, 0.3) is 10.9 Å². The molecule has 0 radical (unpaired) electrons. The van der Waals surface area contributed by atoms with Crippen LogP contribution in [0.5, 0.6) is 0 Å². The van der Waals surface area contributed by atoms with Gasteiger partial charge in [0.1, 0.15) is 0 Å². The van der Waals surface area contributed by atoms with Crippen LogP contribution in [-0.2, 0) is 11.2 Å². The molecule has 2 N–H and O–H groups in total. The zero-order chi connectivity index (χ0) is 21.3. The molecule has 0 spiro atoms. The van der Waals surface area contributed by atoms with Gasteiger partial charge in [-0.3, -0.25) is 4.79 Å². The first-order chi connectivity index (χ1) is 14.8. The highest BCUT2D eigenvalue weighted by molar-refractivity contribution is 5.83. The highest BCUT2D eigenvalue weighted by atomic mass is 16.1. The third kappa shape index (κ3) is 10.1. The summed E-state index contributed by atoms with van der Waals surface area (Å²) in [5.41, 5.74) is 2.44. The van der Waals surface area contributed by atoms with Gasteiger partial charge in [0.25, 0.3) is 0 Å². The smallest absolute Gasteiger partial charge is 0.220 e. The molecule has 166 valence electrons. The first-order valence-corrected chi connectivity index (χ1v) is 12.3. The lowest BCUT2D eigenvalue weighted by Gasteiger charge is -2.05. The second-order valence-electron chi connectivity index (χ2n) is 8.44. The fraction of sp³-hybridized carbons (Fsp3) is 0.593. The monoisotopic (exact) mass is 410 g/mol. The van der Waals surface area contributed by atoms with Gasteiger partial charge in [0.2, 0.25) is 5.91 Å². The second-order valence-corrected chi connectivity index (χ2v) is 8.44. The predicted octanol–water partition coefficient (Wildman–Crippen LogP) is 7.47. The minimum Gasteiger partial charge on any atom is -0.361 e. The van der Waals surface area contributed by atoms with Crippen molar-refractivity contribution in [3.63, 3.8) is 0 Å². The lowest BCUT2D eigenvalue weighted by molar-refractivity contribution is -0.121. The number of fused-ring (bicyclic) bond motifs is 1. The Kier molecular flexibility index (Phi) is 12.7. The van der Waals surface area contributed by atoms with E-state index in [4.69, 9.17) is 0 Å². The molecule has 1 amide bonds. The molecule has 0 aliphatic rings. The lowest BCUT2D eigenvalue weighted by Crippen LogP contribution is -2.25. The third-order valence-corrected chi connectivity index (χ3v) is 5.81. The number of rotatable bonds is 17. The number of unbranched alkanes of at least 4 members (excludes halogenated alkanes) is 10. The largest absolute Gasteiger partial charge is 0.361 e. The number of carbonyl (C=O) groups excluding carboxylic acids is 1. The van der Waals surface area contributed by atoms with Crippen molar-refractivity contribution in [3.05, 3.63) is 48.2 Å². The SMILES string of the molecule is CCCCCCC/C=C\CCCCCCCC(=O)NCCc1c[nH]c2ccccc12. The number of nitrogens with one attached hydrogen (secondary N) is 2. The molecule has 1 aromatic heterocycles. The van der Waals surface area contributed by atoms with Gasteiger partial charge in [-0.1, -0.05) is 82.2 Å². The Labute approximate surface area is 183 Å². The summed E-state index contributed by atoms with van der Waals surface area (Å²) in [4.78, 5) is 15.3. The third-order valence-electron chi connectivity index (χ3n) is 5.81. The van der Waals surface area contributed by atoms with Gasteiger partial charge in [-0.15, -0.1) is 0 Å². The molecule has 0 saturated heterocycles. The maximum atomic E-state index is 12.0. The van der Waals surface area contributed by atoms with Gasteiger partial charge in [-0.2, -0.15) is 0 Å². The minimum atomic E-state index is 0.191. The van der Waals surface area contributed by atoms with Gasteiger partial charge in [-0.25, -0.2) is 0 Å². The van der Waals surface area contributed by atoms with Crippen LogP contribution in [0.3, 0.4) is 0 Å². The van der Waals surface area contributed by atoms with Crippen LogP contribution in [0.15, 0.2) is 42.6 Å². The molecule has 0 unspecified atom stereocenters. The predicted molar refractivity (Wildman–Crippen MR) is 130 cm³/mol. The van der Waals surface area contributed by atoms with Gasteiger partial charge in [0, 0.05) is 30.1 Å². The summed E-state index contributed by atoms with van der Waals surface area (Å²) >= 11 is 0. The van der Waals surface area contributed by atoms with Gasteiger partial charge < -0.3 is 10.3 Å². The van der Waals surface area contributed by atoms with Crippen molar-refractivity contribution in [1.82, 2.24) is 10.3 Å². The van der Waals surface area contributed by atoms with Gasteiger partial charge in [0.05, 0.1) is 0 Å². The van der Waals surface area contributed by atoms with E-state index >= 15 is 0 Å². The number of para-hydroxylation sites is 1. The van der Waals surface area contributed by atoms with E-state index < -0.39 is 0 Å². The van der Waals surface area contributed by atoms with Crippen LogP contribution >= 0.6 is 0 Å². The lowest BCUT2D eigenvalue weighted by atomic mass is 10.1. The van der Waals surface area contributed by atoms with Crippen molar-refractivity contribution in [1.29, 1.82) is 0 Å². The van der Waals surface area contributed by atoms with Crippen molar-refractivity contribution < 1.29 is 4.79 Å². The Hall–Kier alpha value is -2.03. The Morgan fingerprint density at radius 2 is 1.57 bits per heavy atom. The number of carbonyl (C=O) groups is 1. The molecule has 1 aromatic carbocycles. The van der Waals surface area contributed by atoms with Crippen LogP contribution in [0.2, 0.25) is 0 Å². The van der Waals surface area contributed by atoms with Gasteiger partial charge >= 0.3 is 0 Å². The Balaban J connectivity index is 1.39. The topological polar surface area (TPSA) is 44.9 Å². The normalized spacial score (nSPS) is 11.5. The van der Waals surface area contributed by atoms with Gasteiger partial charge in [-0.05, 0) is 50.2 Å². The van der Waals surface area contributed by atoms with E-state index in [1.54, 1.807) is 0 Å². The number of benzene rings is 1. The molecule has 0 atom stereocenters. The molecule has 30 heavy (non-hydrogen) atoms. The first kappa shape index (κ1) is 24.2. The zero-order valence-corrected chi connectivity index (χ0v) is 19.1. The molecule has 0 saturated carbocycles. The Bertz CT molecular complexity index is 731. The number of aromatic nitrogens is 1. The Morgan fingerprint density at radius 3 is 2.33 bits per heavy atom. The highest BCUT2D eigenvalue weighted by Gasteiger charge is 2.04. The molecule has 2 aromatic rings. The van der Waals surface area contributed by atoms with Crippen LogP contribution in [0, 0.1) is 0 Å². The average molecular weight is 411 g/mol. The summed E-state index contributed by atoms with van der Waals surface area (Å²) in [5, 5.41) is 4.33. The second kappa shape index (κ2) is 15.8. The van der Waals surface area contributed by atoms with E-state index in [2.05, 4.69) is 53.8 Å². The van der Waals surface area contributed by atoms with Crippen LogP contribution in [-0.4, -0.2) is 17.4 Å². The molecule has 0 fully saturated rings. The molecular formula is C27H42N2O. The summed E-state index contributed by atoms with van der Waals surface area (Å²) in [6, 6.07) is 8.32. The molecule has 2 rings (SSSR count). The summed E-state index contributed by atoms with van der Waals surface area (Å²) in [6.07, 6.45) is 23.6. The molecule has 0 aliphatic carbocycles.